The van der Waals surface area contributed by atoms with Crippen LogP contribution >= 0.6 is 0 Å². The van der Waals surface area contributed by atoms with E-state index in [1.807, 2.05) is 42.5 Å². The van der Waals surface area contributed by atoms with E-state index in [-0.39, 0.29) is 5.91 Å². The molecule has 0 bridgehead atoms. The summed E-state index contributed by atoms with van der Waals surface area (Å²) in [4.78, 5) is 25.8. The van der Waals surface area contributed by atoms with Gasteiger partial charge in [-0.15, -0.1) is 0 Å². The predicted octanol–water partition coefficient (Wildman–Crippen LogP) is 3.02. The van der Waals surface area contributed by atoms with Crippen LogP contribution in [0.4, 0.5) is 10.5 Å². The van der Waals surface area contributed by atoms with Crippen molar-refractivity contribution < 1.29 is 14.8 Å². The molecular weight excluding hydrogens is 318 g/mol. The van der Waals surface area contributed by atoms with Crippen LogP contribution in [0.25, 0.3) is 6.08 Å². The summed E-state index contributed by atoms with van der Waals surface area (Å²) in [6.45, 7) is 0. The third-order valence-electron chi connectivity index (χ3n) is 3.86. The van der Waals surface area contributed by atoms with Gasteiger partial charge < -0.3 is 10.5 Å². The van der Waals surface area contributed by atoms with Crippen LogP contribution in [0, 0.1) is 0 Å². The number of hydrogen-bond acceptors (Lipinski definition) is 4. The summed E-state index contributed by atoms with van der Waals surface area (Å²) >= 11 is 0. The van der Waals surface area contributed by atoms with E-state index >= 15 is 0 Å². The van der Waals surface area contributed by atoms with E-state index in [4.69, 9.17) is 5.21 Å². The summed E-state index contributed by atoms with van der Waals surface area (Å²) < 4.78 is 0. The fourth-order valence-electron chi connectivity index (χ4n) is 2.62. The standard InChI is InChI=1S/C19H17N3O3/c23-18-17(8-4-7-14-5-2-1-3-6-14)21-19(24)22(18)16-11-9-15(10-12-16)13-20-25/h1-7,9-13,17,25H,8H2,(H,21,24). The zero-order chi connectivity index (χ0) is 17.6. The number of carbonyl (C=O) groups excluding carboxylic acids is 2. The fraction of sp³-hybridized carbons (Fsp3) is 0.105. The van der Waals surface area contributed by atoms with E-state index in [2.05, 4.69) is 10.5 Å². The van der Waals surface area contributed by atoms with E-state index < -0.39 is 12.1 Å². The van der Waals surface area contributed by atoms with Crippen molar-refractivity contribution in [2.75, 3.05) is 4.90 Å². The van der Waals surface area contributed by atoms with Gasteiger partial charge in [0.15, 0.2) is 0 Å². The Balaban J connectivity index is 1.68. The summed E-state index contributed by atoms with van der Waals surface area (Å²) in [5, 5.41) is 14.2. The third kappa shape index (κ3) is 3.74. The molecular formula is C19H17N3O3. The minimum Gasteiger partial charge on any atom is -0.411 e. The van der Waals surface area contributed by atoms with Crippen molar-refractivity contribution in [3.8, 4) is 0 Å². The molecule has 1 atom stereocenters. The molecule has 25 heavy (non-hydrogen) atoms. The van der Waals surface area contributed by atoms with Gasteiger partial charge in [0.2, 0.25) is 0 Å². The molecule has 3 amide bonds. The van der Waals surface area contributed by atoms with Crippen LogP contribution in [-0.4, -0.2) is 29.4 Å². The molecule has 1 aliphatic rings. The van der Waals surface area contributed by atoms with Gasteiger partial charge in [0.25, 0.3) is 5.91 Å². The number of urea groups is 1. The topological polar surface area (TPSA) is 82.0 Å². The number of rotatable bonds is 5. The van der Waals surface area contributed by atoms with Crippen molar-refractivity contribution in [3.63, 3.8) is 0 Å². The number of oxime groups is 1. The van der Waals surface area contributed by atoms with Crippen LogP contribution < -0.4 is 10.2 Å². The average molecular weight is 335 g/mol. The maximum Gasteiger partial charge on any atom is 0.329 e. The lowest BCUT2D eigenvalue weighted by Crippen LogP contribution is -2.31. The largest absolute Gasteiger partial charge is 0.411 e. The Morgan fingerprint density at radius 1 is 1.04 bits per heavy atom. The van der Waals surface area contributed by atoms with Crippen molar-refractivity contribution in [1.29, 1.82) is 0 Å². The predicted molar refractivity (Wildman–Crippen MR) is 95.7 cm³/mol. The number of nitrogens with zero attached hydrogens (tertiary/aromatic N) is 2. The van der Waals surface area contributed by atoms with E-state index in [9.17, 15) is 9.59 Å². The third-order valence-corrected chi connectivity index (χ3v) is 3.86. The summed E-state index contributed by atoms with van der Waals surface area (Å²) in [5.74, 6) is -0.286. The number of carbonyl (C=O) groups is 2. The van der Waals surface area contributed by atoms with Gasteiger partial charge >= 0.3 is 6.03 Å². The van der Waals surface area contributed by atoms with Crippen LogP contribution in [0.1, 0.15) is 17.5 Å². The minimum atomic E-state index is -0.578. The molecule has 0 saturated carbocycles. The molecule has 1 aliphatic heterocycles. The van der Waals surface area contributed by atoms with Crippen LogP contribution in [0.2, 0.25) is 0 Å². The molecule has 0 spiro atoms. The molecule has 1 unspecified atom stereocenters. The van der Waals surface area contributed by atoms with Crippen LogP contribution in [0.3, 0.4) is 0 Å². The highest BCUT2D eigenvalue weighted by Crippen LogP contribution is 2.21. The Hall–Kier alpha value is -3.41. The second-order valence-electron chi connectivity index (χ2n) is 5.56. The van der Waals surface area contributed by atoms with Gasteiger partial charge in [-0.2, -0.15) is 0 Å². The molecule has 0 radical (unpaired) electrons. The van der Waals surface area contributed by atoms with E-state index in [1.54, 1.807) is 24.3 Å². The number of anilines is 1. The van der Waals surface area contributed by atoms with Crippen molar-refractivity contribution >= 4 is 29.9 Å². The molecule has 1 heterocycles. The molecule has 0 aliphatic carbocycles. The van der Waals surface area contributed by atoms with Crippen LogP contribution in [0.5, 0.6) is 0 Å². The smallest absolute Gasteiger partial charge is 0.329 e. The highest BCUT2D eigenvalue weighted by Gasteiger charge is 2.38. The molecule has 6 heteroatoms. The molecule has 3 rings (SSSR count). The summed E-state index contributed by atoms with van der Waals surface area (Å²) in [5.41, 5.74) is 2.19. The van der Waals surface area contributed by atoms with Gasteiger partial charge in [-0.1, -0.05) is 59.8 Å². The maximum atomic E-state index is 12.5. The van der Waals surface area contributed by atoms with Crippen molar-refractivity contribution in [3.05, 3.63) is 71.8 Å². The zero-order valence-electron chi connectivity index (χ0n) is 13.4. The van der Waals surface area contributed by atoms with Gasteiger partial charge in [0.1, 0.15) is 6.04 Å². The monoisotopic (exact) mass is 335 g/mol. The lowest BCUT2D eigenvalue weighted by molar-refractivity contribution is -0.118. The first-order valence-electron chi connectivity index (χ1n) is 7.82. The Kier molecular flexibility index (Phi) is 4.89. The normalized spacial score (nSPS) is 17.6. The summed E-state index contributed by atoms with van der Waals surface area (Å²) in [6.07, 6.45) is 5.49. The van der Waals surface area contributed by atoms with Crippen LogP contribution in [-0.2, 0) is 4.79 Å². The SMILES string of the molecule is O=C1NC(CC=Cc2ccccc2)C(=O)N1c1ccc(C=NO)cc1. The lowest BCUT2D eigenvalue weighted by Gasteiger charge is -2.12. The van der Waals surface area contributed by atoms with Gasteiger partial charge in [0.05, 0.1) is 11.9 Å². The fourth-order valence-corrected chi connectivity index (χ4v) is 2.62. The Morgan fingerprint density at radius 3 is 2.44 bits per heavy atom. The number of imide groups is 1. The Labute approximate surface area is 145 Å². The molecule has 6 nitrogen and oxygen atoms in total. The average Bonchev–Trinajstić information content (AvgIpc) is 2.91. The summed E-state index contributed by atoms with van der Waals surface area (Å²) in [7, 11) is 0. The quantitative estimate of drug-likeness (QED) is 0.381. The van der Waals surface area contributed by atoms with Gasteiger partial charge in [-0.25, -0.2) is 9.69 Å². The molecule has 2 N–H and O–H groups in total. The molecule has 126 valence electrons. The number of hydrogen-bond donors (Lipinski definition) is 2. The first-order chi connectivity index (χ1) is 12.2. The number of amides is 3. The van der Waals surface area contributed by atoms with Crippen LogP contribution in [0.15, 0.2) is 65.8 Å². The van der Waals surface area contributed by atoms with Gasteiger partial charge in [0, 0.05) is 0 Å². The first kappa shape index (κ1) is 16.4. The zero-order valence-corrected chi connectivity index (χ0v) is 13.4. The number of nitrogens with one attached hydrogen (secondary N) is 1. The van der Waals surface area contributed by atoms with E-state index in [1.165, 1.54) is 6.21 Å². The van der Waals surface area contributed by atoms with Gasteiger partial charge in [-0.05, 0) is 29.7 Å². The number of benzene rings is 2. The highest BCUT2D eigenvalue weighted by atomic mass is 16.4. The second kappa shape index (κ2) is 7.44. The van der Waals surface area contributed by atoms with E-state index in [0.717, 1.165) is 10.5 Å². The lowest BCUT2D eigenvalue weighted by atomic mass is 10.1. The molecule has 1 saturated heterocycles. The van der Waals surface area contributed by atoms with E-state index in [0.29, 0.717) is 17.7 Å². The molecule has 2 aromatic rings. The summed E-state index contributed by atoms with van der Waals surface area (Å²) in [6, 6.07) is 15.3. The first-order valence-corrected chi connectivity index (χ1v) is 7.82. The Bertz CT molecular complexity index is 814. The van der Waals surface area contributed by atoms with Crippen molar-refractivity contribution in [1.82, 2.24) is 5.32 Å². The minimum absolute atomic E-state index is 0.286. The molecule has 0 aromatic heterocycles. The van der Waals surface area contributed by atoms with Crippen molar-refractivity contribution in [2.24, 2.45) is 5.16 Å². The Morgan fingerprint density at radius 2 is 1.76 bits per heavy atom. The van der Waals surface area contributed by atoms with Gasteiger partial charge in [-0.3, -0.25) is 4.79 Å². The molecule has 1 fully saturated rings. The maximum absolute atomic E-state index is 12.5. The molecule has 2 aromatic carbocycles. The highest BCUT2D eigenvalue weighted by molar-refractivity contribution is 6.21. The van der Waals surface area contributed by atoms with Crippen molar-refractivity contribution in [2.45, 2.75) is 12.5 Å². The second-order valence-corrected chi connectivity index (χ2v) is 5.56.